The van der Waals surface area contributed by atoms with Gasteiger partial charge in [-0.25, -0.2) is 5.43 Å². The lowest BCUT2D eigenvalue weighted by Crippen LogP contribution is -2.20. The van der Waals surface area contributed by atoms with Gasteiger partial charge in [-0.1, -0.05) is 45.0 Å². The van der Waals surface area contributed by atoms with E-state index >= 15 is 0 Å². The van der Waals surface area contributed by atoms with Crippen LogP contribution in [-0.2, 0) is 5.41 Å². The molecule has 0 atom stereocenters. The van der Waals surface area contributed by atoms with E-state index in [4.69, 9.17) is 4.74 Å². The summed E-state index contributed by atoms with van der Waals surface area (Å²) in [4.78, 5) is 12.2. The zero-order valence-corrected chi connectivity index (χ0v) is 14.9. The van der Waals surface area contributed by atoms with Crippen LogP contribution >= 0.6 is 0 Å². The summed E-state index contributed by atoms with van der Waals surface area (Å²) < 4.78 is 5.20. The van der Waals surface area contributed by atoms with E-state index in [0.717, 1.165) is 11.3 Å². The number of hydrazone groups is 1. The van der Waals surface area contributed by atoms with Gasteiger partial charge >= 0.3 is 0 Å². The predicted molar refractivity (Wildman–Crippen MR) is 97.8 cm³/mol. The molecule has 0 saturated heterocycles. The Hall–Kier alpha value is -2.62. The maximum atomic E-state index is 12.2. The molecular weight excluding hydrogens is 300 g/mol. The van der Waals surface area contributed by atoms with Crippen molar-refractivity contribution < 1.29 is 9.53 Å². The van der Waals surface area contributed by atoms with Crippen LogP contribution in [0.5, 0.6) is 5.75 Å². The topological polar surface area (TPSA) is 50.7 Å². The first kappa shape index (κ1) is 17.7. The van der Waals surface area contributed by atoms with E-state index in [0.29, 0.717) is 11.3 Å². The van der Waals surface area contributed by atoms with E-state index in [1.165, 1.54) is 5.56 Å². The van der Waals surface area contributed by atoms with Gasteiger partial charge in [0, 0.05) is 11.1 Å². The second kappa shape index (κ2) is 7.30. The first-order chi connectivity index (χ1) is 11.3. The number of hydrogen-bond donors (Lipinski definition) is 1. The fourth-order valence-corrected chi connectivity index (χ4v) is 2.23. The second-order valence-electron chi connectivity index (χ2n) is 6.70. The summed E-state index contributed by atoms with van der Waals surface area (Å²) in [5, 5.41) is 4.18. The highest BCUT2D eigenvalue weighted by Crippen LogP contribution is 2.22. The average Bonchev–Trinajstić information content (AvgIpc) is 2.58. The van der Waals surface area contributed by atoms with Crippen molar-refractivity contribution in [2.75, 3.05) is 7.11 Å². The van der Waals surface area contributed by atoms with Crippen LogP contribution in [0.4, 0.5) is 0 Å². The van der Waals surface area contributed by atoms with Crippen LogP contribution in [-0.4, -0.2) is 18.7 Å². The molecule has 2 aromatic carbocycles. The van der Waals surface area contributed by atoms with Crippen molar-refractivity contribution in [2.45, 2.75) is 33.1 Å². The minimum atomic E-state index is -0.224. The number of carbonyl (C=O) groups is 1. The Bertz CT molecular complexity index is 741. The number of ether oxygens (including phenoxy) is 1. The van der Waals surface area contributed by atoms with Gasteiger partial charge in [-0.05, 0) is 42.2 Å². The molecule has 0 aliphatic heterocycles. The fraction of sp³-hybridized carbons (Fsp3) is 0.300. The Morgan fingerprint density at radius 3 is 2.29 bits per heavy atom. The van der Waals surface area contributed by atoms with Crippen LogP contribution < -0.4 is 10.2 Å². The van der Waals surface area contributed by atoms with E-state index in [1.54, 1.807) is 7.11 Å². The Labute approximate surface area is 143 Å². The van der Waals surface area contributed by atoms with Crippen LogP contribution in [0.25, 0.3) is 0 Å². The third-order valence-electron chi connectivity index (χ3n) is 3.83. The van der Waals surface area contributed by atoms with Gasteiger partial charge in [0.05, 0.1) is 12.8 Å². The van der Waals surface area contributed by atoms with Gasteiger partial charge in [0.1, 0.15) is 5.75 Å². The molecule has 4 nitrogen and oxygen atoms in total. The van der Waals surface area contributed by atoms with Crippen LogP contribution in [0.15, 0.2) is 53.6 Å². The SMILES string of the molecule is COc1cccc(C(C)=NNC(=O)c2ccc(C(C)(C)C)cc2)c1. The molecule has 24 heavy (non-hydrogen) atoms. The van der Waals surface area contributed by atoms with Gasteiger partial charge < -0.3 is 4.74 Å². The van der Waals surface area contributed by atoms with Crippen molar-refractivity contribution in [3.63, 3.8) is 0 Å². The molecule has 0 aliphatic rings. The normalized spacial score (nSPS) is 12.0. The third-order valence-corrected chi connectivity index (χ3v) is 3.83. The van der Waals surface area contributed by atoms with E-state index in [2.05, 4.69) is 31.3 Å². The van der Waals surface area contributed by atoms with Gasteiger partial charge in [-0.2, -0.15) is 5.10 Å². The molecule has 0 fully saturated rings. The number of methoxy groups -OCH3 is 1. The van der Waals surface area contributed by atoms with Crippen LogP contribution in [0, 0.1) is 0 Å². The number of carbonyl (C=O) groups excluding carboxylic acids is 1. The summed E-state index contributed by atoms with van der Waals surface area (Å²) in [5.74, 6) is 0.531. The van der Waals surface area contributed by atoms with Crippen molar-refractivity contribution in [3.05, 3.63) is 65.2 Å². The minimum Gasteiger partial charge on any atom is -0.497 e. The number of hydrogen-bond acceptors (Lipinski definition) is 3. The molecule has 4 heteroatoms. The van der Waals surface area contributed by atoms with Gasteiger partial charge in [0.2, 0.25) is 0 Å². The number of benzene rings is 2. The van der Waals surface area contributed by atoms with Crippen molar-refractivity contribution >= 4 is 11.6 Å². The summed E-state index contributed by atoms with van der Waals surface area (Å²) in [7, 11) is 1.62. The highest BCUT2D eigenvalue weighted by molar-refractivity contribution is 6.01. The molecule has 0 unspecified atom stereocenters. The first-order valence-corrected chi connectivity index (χ1v) is 7.91. The monoisotopic (exact) mass is 324 g/mol. The molecule has 1 amide bonds. The lowest BCUT2D eigenvalue weighted by molar-refractivity contribution is 0.0955. The van der Waals surface area contributed by atoms with E-state index in [1.807, 2.05) is 55.5 Å². The number of rotatable bonds is 4. The zero-order valence-electron chi connectivity index (χ0n) is 14.9. The molecule has 2 aromatic rings. The molecule has 0 saturated carbocycles. The molecular formula is C20H24N2O2. The first-order valence-electron chi connectivity index (χ1n) is 7.91. The molecule has 0 spiro atoms. The summed E-state index contributed by atoms with van der Waals surface area (Å²) in [5.41, 5.74) is 6.06. The molecule has 0 aromatic heterocycles. The van der Waals surface area contributed by atoms with E-state index in [-0.39, 0.29) is 11.3 Å². The highest BCUT2D eigenvalue weighted by atomic mass is 16.5. The van der Waals surface area contributed by atoms with Gasteiger partial charge in [0.25, 0.3) is 5.91 Å². The van der Waals surface area contributed by atoms with E-state index in [9.17, 15) is 4.79 Å². The molecule has 0 radical (unpaired) electrons. The average molecular weight is 324 g/mol. The van der Waals surface area contributed by atoms with Gasteiger partial charge in [-0.3, -0.25) is 4.79 Å². The van der Waals surface area contributed by atoms with Crippen LogP contribution in [0.3, 0.4) is 0 Å². The standard InChI is InChI=1S/C20H24N2O2/c1-14(16-7-6-8-18(13-16)24-5)21-22-19(23)15-9-11-17(12-10-15)20(2,3)4/h6-13H,1-5H3,(H,22,23). The number of nitrogens with one attached hydrogen (secondary N) is 1. The third kappa shape index (κ3) is 4.44. The number of amides is 1. The smallest absolute Gasteiger partial charge is 0.271 e. The molecule has 0 bridgehead atoms. The van der Waals surface area contributed by atoms with Crippen molar-refractivity contribution in [3.8, 4) is 5.75 Å². The van der Waals surface area contributed by atoms with Gasteiger partial charge in [0.15, 0.2) is 0 Å². The summed E-state index contributed by atoms with van der Waals surface area (Å²) in [6.07, 6.45) is 0. The Kier molecular flexibility index (Phi) is 5.39. The maximum absolute atomic E-state index is 12.2. The van der Waals surface area contributed by atoms with Crippen LogP contribution in [0.2, 0.25) is 0 Å². The Morgan fingerprint density at radius 1 is 1.04 bits per heavy atom. The van der Waals surface area contributed by atoms with Gasteiger partial charge in [-0.15, -0.1) is 0 Å². The van der Waals surface area contributed by atoms with Crippen molar-refractivity contribution in [1.29, 1.82) is 0 Å². The molecule has 0 aliphatic carbocycles. The molecule has 1 N–H and O–H groups in total. The summed E-state index contributed by atoms with van der Waals surface area (Å²) >= 11 is 0. The second-order valence-corrected chi connectivity index (χ2v) is 6.70. The lowest BCUT2D eigenvalue weighted by atomic mass is 9.87. The molecule has 0 heterocycles. The summed E-state index contributed by atoms with van der Waals surface area (Å²) in [6.45, 7) is 8.27. The largest absolute Gasteiger partial charge is 0.497 e. The van der Waals surface area contributed by atoms with Crippen LogP contribution in [0.1, 0.15) is 49.2 Å². The van der Waals surface area contributed by atoms with E-state index < -0.39 is 0 Å². The Morgan fingerprint density at radius 2 is 1.71 bits per heavy atom. The quantitative estimate of drug-likeness (QED) is 0.678. The molecule has 126 valence electrons. The maximum Gasteiger partial charge on any atom is 0.271 e. The van der Waals surface area contributed by atoms with Crippen molar-refractivity contribution in [2.24, 2.45) is 5.10 Å². The fourth-order valence-electron chi connectivity index (χ4n) is 2.23. The predicted octanol–water partition coefficient (Wildman–Crippen LogP) is 4.15. The number of nitrogens with zero attached hydrogens (tertiary/aromatic N) is 1. The Balaban J connectivity index is 2.08. The highest BCUT2D eigenvalue weighted by Gasteiger charge is 2.14. The lowest BCUT2D eigenvalue weighted by Gasteiger charge is -2.18. The zero-order chi connectivity index (χ0) is 17.7. The minimum absolute atomic E-state index is 0.0656. The molecule has 2 rings (SSSR count). The summed E-state index contributed by atoms with van der Waals surface area (Å²) in [6, 6.07) is 15.2. The van der Waals surface area contributed by atoms with Crippen molar-refractivity contribution in [1.82, 2.24) is 5.43 Å².